The first-order valence-electron chi connectivity index (χ1n) is 4.86. The van der Waals surface area contributed by atoms with E-state index >= 15 is 0 Å². The maximum Gasteiger partial charge on any atom is 0.335 e. The highest BCUT2D eigenvalue weighted by molar-refractivity contribution is 5.87. The number of aromatic carboxylic acids is 1. The molecule has 86 valence electrons. The number of carbonyl (C=O) groups is 1. The highest BCUT2D eigenvalue weighted by Gasteiger charge is 2.05. The van der Waals surface area contributed by atoms with Crippen molar-refractivity contribution < 1.29 is 9.90 Å². The largest absolute Gasteiger partial charge is 0.478 e. The van der Waals surface area contributed by atoms with Gasteiger partial charge in [-0.25, -0.2) is 14.8 Å². The van der Waals surface area contributed by atoms with Crippen molar-refractivity contribution in [1.29, 1.82) is 0 Å². The minimum absolute atomic E-state index is 0.0276. The van der Waals surface area contributed by atoms with Gasteiger partial charge in [-0.3, -0.25) is 4.79 Å². The smallest absolute Gasteiger partial charge is 0.335 e. The molecule has 0 unspecified atom stereocenters. The molecule has 1 N–H and O–H groups in total. The zero-order chi connectivity index (χ0) is 12.3. The average Bonchev–Trinajstić information content (AvgIpc) is 2.33. The first-order valence-corrected chi connectivity index (χ1v) is 4.86. The van der Waals surface area contributed by atoms with Crippen LogP contribution >= 0.6 is 0 Å². The topological polar surface area (TPSA) is 85.1 Å². The summed E-state index contributed by atoms with van der Waals surface area (Å²) < 4.78 is 1.35. The summed E-state index contributed by atoms with van der Waals surface area (Å²) in [7, 11) is 0. The molecule has 0 bridgehead atoms. The summed E-state index contributed by atoms with van der Waals surface area (Å²) in [5, 5.41) is 8.72. The van der Waals surface area contributed by atoms with E-state index in [1.807, 2.05) is 0 Å². The number of rotatable bonds is 3. The van der Waals surface area contributed by atoms with Gasteiger partial charge in [0.05, 0.1) is 12.1 Å². The van der Waals surface area contributed by atoms with E-state index in [0.29, 0.717) is 5.82 Å². The van der Waals surface area contributed by atoms with E-state index in [9.17, 15) is 9.59 Å². The molecule has 2 rings (SSSR count). The molecule has 6 nitrogen and oxygen atoms in total. The zero-order valence-electron chi connectivity index (χ0n) is 8.78. The Hall–Kier alpha value is -2.50. The third kappa shape index (κ3) is 2.54. The Kier molecular flexibility index (Phi) is 2.95. The zero-order valence-corrected chi connectivity index (χ0v) is 8.78. The molecule has 2 heterocycles. The van der Waals surface area contributed by atoms with Crippen LogP contribution in [-0.4, -0.2) is 25.6 Å². The number of carboxylic acids is 1. The van der Waals surface area contributed by atoms with Crippen LogP contribution in [0.2, 0.25) is 0 Å². The van der Waals surface area contributed by atoms with Crippen LogP contribution in [0.3, 0.4) is 0 Å². The first kappa shape index (κ1) is 11.0. The van der Waals surface area contributed by atoms with Crippen LogP contribution in [0.1, 0.15) is 16.2 Å². The lowest BCUT2D eigenvalue weighted by molar-refractivity contribution is 0.0696. The fraction of sp³-hybridized carbons (Fsp3) is 0.0909. The van der Waals surface area contributed by atoms with Gasteiger partial charge in [-0.15, -0.1) is 0 Å². The predicted octanol–water partition coefficient (Wildman–Crippen LogP) is 0.385. The summed E-state index contributed by atoms with van der Waals surface area (Å²) in [6, 6.07) is 4.12. The molecule has 2 aromatic heterocycles. The lowest BCUT2D eigenvalue weighted by Gasteiger charge is -2.04. The molecule has 0 fully saturated rings. The quantitative estimate of drug-likeness (QED) is 0.825. The molecule has 6 heteroatoms. The molecule has 2 aromatic rings. The molecule has 0 aliphatic heterocycles. The van der Waals surface area contributed by atoms with Crippen molar-refractivity contribution in [2.75, 3.05) is 0 Å². The lowest BCUT2D eigenvalue weighted by Crippen LogP contribution is -2.21. The molecule has 0 radical (unpaired) electrons. The van der Waals surface area contributed by atoms with E-state index in [1.165, 1.54) is 16.8 Å². The normalized spacial score (nSPS) is 10.1. The van der Waals surface area contributed by atoms with Gasteiger partial charge in [-0.05, 0) is 12.1 Å². The Labute approximate surface area is 96.2 Å². The average molecular weight is 231 g/mol. The standard InChI is InChI=1S/C11H9N3O3/c15-10-6-8(11(16)17)2-5-14(10)7-9-12-3-1-4-13-9/h1-6H,7H2,(H,16,17). The van der Waals surface area contributed by atoms with Gasteiger partial charge in [0.25, 0.3) is 5.56 Å². The summed E-state index contributed by atoms with van der Waals surface area (Å²) >= 11 is 0. The SMILES string of the molecule is O=C(O)c1ccn(Cc2ncccn2)c(=O)c1. The maximum atomic E-state index is 11.6. The van der Waals surface area contributed by atoms with Crippen LogP contribution in [-0.2, 0) is 6.54 Å². The Morgan fingerprint density at radius 2 is 2.06 bits per heavy atom. The van der Waals surface area contributed by atoms with Crippen LogP contribution in [0.25, 0.3) is 0 Å². The minimum atomic E-state index is -1.12. The van der Waals surface area contributed by atoms with Crippen LogP contribution in [0.15, 0.2) is 41.6 Å². The van der Waals surface area contributed by atoms with E-state index < -0.39 is 11.5 Å². The molecular formula is C11H9N3O3. The number of aromatic nitrogens is 3. The van der Waals surface area contributed by atoms with Gasteiger partial charge in [0, 0.05) is 24.7 Å². The van der Waals surface area contributed by atoms with Gasteiger partial charge in [0.15, 0.2) is 0 Å². The van der Waals surface area contributed by atoms with E-state index in [2.05, 4.69) is 9.97 Å². The van der Waals surface area contributed by atoms with Crippen LogP contribution < -0.4 is 5.56 Å². The van der Waals surface area contributed by atoms with Crippen molar-refractivity contribution in [3.63, 3.8) is 0 Å². The van der Waals surface area contributed by atoms with Crippen LogP contribution in [0, 0.1) is 0 Å². The Balaban J connectivity index is 2.29. The fourth-order valence-electron chi connectivity index (χ4n) is 1.34. The first-order chi connectivity index (χ1) is 8.16. The lowest BCUT2D eigenvalue weighted by atomic mass is 10.3. The predicted molar refractivity (Wildman–Crippen MR) is 58.8 cm³/mol. The van der Waals surface area contributed by atoms with Gasteiger partial charge in [-0.2, -0.15) is 0 Å². The highest BCUT2D eigenvalue weighted by Crippen LogP contribution is 1.96. The van der Waals surface area contributed by atoms with Crippen molar-refractivity contribution in [2.45, 2.75) is 6.54 Å². The molecule has 0 aromatic carbocycles. The third-order valence-electron chi connectivity index (χ3n) is 2.17. The number of nitrogens with zero attached hydrogens (tertiary/aromatic N) is 3. The third-order valence-corrected chi connectivity index (χ3v) is 2.17. The Bertz CT molecular complexity index is 592. The van der Waals surface area contributed by atoms with Crippen LogP contribution in [0.5, 0.6) is 0 Å². The van der Waals surface area contributed by atoms with Crippen molar-refractivity contribution in [1.82, 2.24) is 14.5 Å². The van der Waals surface area contributed by atoms with Crippen molar-refractivity contribution >= 4 is 5.97 Å². The fourth-order valence-corrected chi connectivity index (χ4v) is 1.34. The molecule has 0 aliphatic carbocycles. The minimum Gasteiger partial charge on any atom is -0.478 e. The van der Waals surface area contributed by atoms with E-state index in [-0.39, 0.29) is 12.1 Å². The second kappa shape index (κ2) is 4.56. The molecule has 0 saturated carbocycles. The van der Waals surface area contributed by atoms with Gasteiger partial charge in [0.2, 0.25) is 0 Å². The number of hydrogen-bond donors (Lipinski definition) is 1. The second-order valence-electron chi connectivity index (χ2n) is 3.35. The Morgan fingerprint density at radius 3 is 2.65 bits per heavy atom. The van der Waals surface area contributed by atoms with Crippen molar-refractivity contribution in [2.24, 2.45) is 0 Å². The number of pyridine rings is 1. The summed E-state index contributed by atoms with van der Waals surface area (Å²) in [4.78, 5) is 30.2. The second-order valence-corrected chi connectivity index (χ2v) is 3.35. The van der Waals surface area contributed by atoms with Crippen LogP contribution in [0.4, 0.5) is 0 Å². The van der Waals surface area contributed by atoms with E-state index in [1.54, 1.807) is 18.5 Å². The summed E-state index contributed by atoms with van der Waals surface area (Å²) in [5.41, 5.74) is -0.419. The summed E-state index contributed by atoms with van der Waals surface area (Å²) in [6.45, 7) is 0.222. The number of carboxylic acid groups (broad SMARTS) is 1. The molecular weight excluding hydrogens is 222 g/mol. The van der Waals surface area contributed by atoms with Crippen molar-refractivity contribution in [3.8, 4) is 0 Å². The van der Waals surface area contributed by atoms with Gasteiger partial charge in [0.1, 0.15) is 5.82 Å². The van der Waals surface area contributed by atoms with Gasteiger partial charge < -0.3 is 9.67 Å². The highest BCUT2D eigenvalue weighted by atomic mass is 16.4. The Morgan fingerprint density at radius 1 is 1.35 bits per heavy atom. The monoisotopic (exact) mass is 231 g/mol. The molecule has 0 amide bonds. The number of hydrogen-bond acceptors (Lipinski definition) is 4. The molecule has 0 aliphatic rings. The van der Waals surface area contributed by atoms with E-state index in [4.69, 9.17) is 5.11 Å². The van der Waals surface area contributed by atoms with E-state index in [0.717, 1.165) is 6.07 Å². The molecule has 0 spiro atoms. The summed E-state index contributed by atoms with van der Waals surface area (Å²) in [6.07, 6.45) is 4.58. The summed E-state index contributed by atoms with van der Waals surface area (Å²) in [5.74, 6) is -0.622. The molecule has 0 atom stereocenters. The van der Waals surface area contributed by atoms with Gasteiger partial charge in [-0.1, -0.05) is 0 Å². The molecule has 0 saturated heterocycles. The maximum absolute atomic E-state index is 11.6. The van der Waals surface area contributed by atoms with Crippen molar-refractivity contribution in [3.05, 3.63) is 58.5 Å². The molecule has 17 heavy (non-hydrogen) atoms. The van der Waals surface area contributed by atoms with Gasteiger partial charge >= 0.3 is 5.97 Å².